The standard InChI is InChI=1S/C7H14O7/c8-3-5(9)4-14-6(10)1-2-7(11,12)13/h5,8-9,11-13H,1-4H2. The van der Waals surface area contributed by atoms with Gasteiger partial charge in [-0.2, -0.15) is 0 Å². The zero-order chi connectivity index (χ0) is 11.2. The lowest BCUT2D eigenvalue weighted by atomic mass is 10.3. The summed E-state index contributed by atoms with van der Waals surface area (Å²) in [6, 6.07) is 0. The average molecular weight is 210 g/mol. The SMILES string of the molecule is O=C(CCC(O)(O)O)OCC(O)CO. The van der Waals surface area contributed by atoms with Crippen molar-refractivity contribution in [2.24, 2.45) is 0 Å². The maximum Gasteiger partial charge on any atom is 0.306 e. The fourth-order valence-electron chi connectivity index (χ4n) is 0.584. The van der Waals surface area contributed by atoms with Crippen LogP contribution in [0.4, 0.5) is 0 Å². The van der Waals surface area contributed by atoms with Crippen molar-refractivity contribution in [2.75, 3.05) is 13.2 Å². The Labute approximate surface area is 80.2 Å². The molecular formula is C7H14O7. The lowest BCUT2D eigenvalue weighted by Crippen LogP contribution is -2.29. The van der Waals surface area contributed by atoms with Crippen molar-refractivity contribution in [3.63, 3.8) is 0 Å². The van der Waals surface area contributed by atoms with E-state index in [1.54, 1.807) is 0 Å². The fraction of sp³-hybridized carbons (Fsp3) is 0.857. The molecule has 0 fully saturated rings. The van der Waals surface area contributed by atoms with Crippen molar-refractivity contribution >= 4 is 5.97 Å². The van der Waals surface area contributed by atoms with Gasteiger partial charge in [-0.25, -0.2) is 0 Å². The van der Waals surface area contributed by atoms with Gasteiger partial charge in [-0.15, -0.1) is 0 Å². The molecule has 0 aliphatic heterocycles. The number of aliphatic hydroxyl groups is 5. The van der Waals surface area contributed by atoms with Crippen LogP contribution >= 0.6 is 0 Å². The third-order valence-electron chi connectivity index (χ3n) is 1.31. The molecule has 0 aromatic heterocycles. The molecule has 0 aromatic rings. The summed E-state index contributed by atoms with van der Waals surface area (Å²) in [5.41, 5.74) is 0. The summed E-state index contributed by atoms with van der Waals surface area (Å²) in [4.78, 5) is 10.8. The summed E-state index contributed by atoms with van der Waals surface area (Å²) in [7, 11) is 0. The molecule has 0 spiro atoms. The van der Waals surface area contributed by atoms with Gasteiger partial charge < -0.3 is 30.3 Å². The van der Waals surface area contributed by atoms with Crippen molar-refractivity contribution in [1.29, 1.82) is 0 Å². The van der Waals surface area contributed by atoms with Gasteiger partial charge >= 0.3 is 5.97 Å². The van der Waals surface area contributed by atoms with E-state index in [1.165, 1.54) is 0 Å². The topological polar surface area (TPSA) is 127 Å². The molecule has 0 aliphatic rings. The maximum atomic E-state index is 10.8. The molecule has 0 heterocycles. The first-order valence-corrected chi connectivity index (χ1v) is 3.97. The smallest absolute Gasteiger partial charge is 0.306 e. The van der Waals surface area contributed by atoms with Gasteiger partial charge in [-0.3, -0.25) is 4.79 Å². The second-order valence-electron chi connectivity index (χ2n) is 2.79. The predicted octanol–water partition coefficient (Wildman–Crippen LogP) is -2.71. The molecule has 5 N–H and O–H groups in total. The molecule has 14 heavy (non-hydrogen) atoms. The Bertz CT molecular complexity index is 173. The minimum Gasteiger partial charge on any atom is -0.463 e. The first-order valence-electron chi connectivity index (χ1n) is 3.97. The molecule has 1 unspecified atom stereocenters. The van der Waals surface area contributed by atoms with Gasteiger partial charge in [0.15, 0.2) is 0 Å². The minimum atomic E-state index is -2.89. The van der Waals surface area contributed by atoms with E-state index in [1.807, 2.05) is 0 Å². The summed E-state index contributed by atoms with van der Waals surface area (Å²) in [5, 5.41) is 42.3. The number of carbonyl (C=O) groups is 1. The van der Waals surface area contributed by atoms with Crippen LogP contribution in [-0.4, -0.2) is 56.8 Å². The van der Waals surface area contributed by atoms with Gasteiger partial charge in [0.1, 0.15) is 12.7 Å². The Kier molecular flexibility index (Phi) is 5.58. The second-order valence-corrected chi connectivity index (χ2v) is 2.79. The van der Waals surface area contributed by atoms with Gasteiger partial charge in [-0.1, -0.05) is 0 Å². The van der Waals surface area contributed by atoms with E-state index >= 15 is 0 Å². The quantitative estimate of drug-likeness (QED) is 0.238. The molecule has 1 atom stereocenters. The number of rotatable bonds is 6. The Morgan fingerprint density at radius 1 is 1.36 bits per heavy atom. The van der Waals surface area contributed by atoms with Crippen LogP contribution in [0.25, 0.3) is 0 Å². The second kappa shape index (κ2) is 5.89. The molecule has 0 saturated heterocycles. The van der Waals surface area contributed by atoms with Crippen molar-refractivity contribution in [3.8, 4) is 0 Å². The molecule has 0 bridgehead atoms. The molecule has 0 aromatic carbocycles. The predicted molar refractivity (Wildman–Crippen MR) is 42.7 cm³/mol. The van der Waals surface area contributed by atoms with Crippen LogP contribution in [0.2, 0.25) is 0 Å². The van der Waals surface area contributed by atoms with Gasteiger partial charge in [0.2, 0.25) is 0 Å². The van der Waals surface area contributed by atoms with Crippen LogP contribution in [-0.2, 0) is 9.53 Å². The first-order chi connectivity index (χ1) is 6.35. The summed E-state index contributed by atoms with van der Waals surface area (Å²) < 4.78 is 4.41. The fourth-order valence-corrected chi connectivity index (χ4v) is 0.584. The van der Waals surface area contributed by atoms with Crippen molar-refractivity contribution < 1.29 is 35.1 Å². The lowest BCUT2D eigenvalue weighted by molar-refractivity contribution is -0.314. The zero-order valence-corrected chi connectivity index (χ0v) is 7.46. The molecule has 0 aliphatic carbocycles. The number of esters is 1. The minimum absolute atomic E-state index is 0.370. The van der Waals surface area contributed by atoms with E-state index in [2.05, 4.69) is 4.74 Å². The normalized spacial score (nSPS) is 13.8. The number of aliphatic hydroxyl groups excluding tert-OH is 2. The Morgan fingerprint density at radius 2 is 1.93 bits per heavy atom. The summed E-state index contributed by atoms with van der Waals surface area (Å²) in [6.45, 7) is -0.901. The largest absolute Gasteiger partial charge is 0.463 e. The monoisotopic (exact) mass is 210 g/mol. The molecule has 0 amide bonds. The number of carbonyl (C=O) groups excluding carboxylic acids is 1. The Morgan fingerprint density at radius 3 is 2.36 bits per heavy atom. The number of hydrogen-bond acceptors (Lipinski definition) is 7. The molecule has 0 rings (SSSR count). The van der Waals surface area contributed by atoms with E-state index in [0.29, 0.717) is 0 Å². The van der Waals surface area contributed by atoms with E-state index in [0.717, 1.165) is 0 Å². The van der Waals surface area contributed by atoms with Gasteiger partial charge in [0, 0.05) is 6.42 Å². The van der Waals surface area contributed by atoms with Crippen LogP contribution in [0.1, 0.15) is 12.8 Å². The highest BCUT2D eigenvalue weighted by molar-refractivity contribution is 5.69. The van der Waals surface area contributed by atoms with E-state index < -0.39 is 37.5 Å². The molecule has 0 saturated carbocycles. The van der Waals surface area contributed by atoms with E-state index in [9.17, 15) is 4.79 Å². The van der Waals surface area contributed by atoms with E-state index in [4.69, 9.17) is 25.5 Å². The highest BCUT2D eigenvalue weighted by Gasteiger charge is 2.20. The Balaban J connectivity index is 3.57. The average Bonchev–Trinajstić information content (AvgIpc) is 2.09. The van der Waals surface area contributed by atoms with Crippen molar-refractivity contribution in [2.45, 2.75) is 24.9 Å². The summed E-state index contributed by atoms with van der Waals surface area (Å²) in [6.07, 6.45) is -2.14. The number of ether oxygens (including phenoxy) is 1. The number of hydrogen-bond donors (Lipinski definition) is 5. The Hall–Kier alpha value is -0.730. The third-order valence-corrected chi connectivity index (χ3v) is 1.31. The van der Waals surface area contributed by atoms with Crippen molar-refractivity contribution in [1.82, 2.24) is 0 Å². The van der Waals surface area contributed by atoms with Crippen LogP contribution in [0.3, 0.4) is 0 Å². The zero-order valence-electron chi connectivity index (χ0n) is 7.46. The van der Waals surface area contributed by atoms with Gasteiger partial charge in [0.25, 0.3) is 5.97 Å². The third kappa shape index (κ3) is 7.90. The molecule has 84 valence electrons. The van der Waals surface area contributed by atoms with Crippen molar-refractivity contribution in [3.05, 3.63) is 0 Å². The highest BCUT2D eigenvalue weighted by atomic mass is 16.7. The van der Waals surface area contributed by atoms with Gasteiger partial charge in [-0.05, 0) is 0 Å². The highest BCUT2D eigenvalue weighted by Crippen LogP contribution is 2.05. The summed E-state index contributed by atoms with van der Waals surface area (Å²) >= 11 is 0. The van der Waals surface area contributed by atoms with Crippen LogP contribution in [0, 0.1) is 0 Å². The first kappa shape index (κ1) is 13.3. The molecule has 0 radical (unpaired) electrons. The summed E-state index contributed by atoms with van der Waals surface area (Å²) in [5.74, 6) is -3.70. The van der Waals surface area contributed by atoms with Gasteiger partial charge in [0.05, 0.1) is 13.0 Å². The van der Waals surface area contributed by atoms with Crippen LogP contribution < -0.4 is 0 Å². The maximum absolute atomic E-state index is 10.8. The molecular weight excluding hydrogens is 196 g/mol. The van der Waals surface area contributed by atoms with Crippen LogP contribution in [0.5, 0.6) is 0 Å². The van der Waals surface area contributed by atoms with E-state index in [-0.39, 0.29) is 6.61 Å². The van der Waals surface area contributed by atoms with Crippen LogP contribution in [0.15, 0.2) is 0 Å². The molecule has 7 heteroatoms. The molecule has 7 nitrogen and oxygen atoms in total. The lowest BCUT2D eigenvalue weighted by Gasteiger charge is -2.13.